The number of hydrogen-bond donors (Lipinski definition) is 0. The van der Waals surface area contributed by atoms with Gasteiger partial charge in [-0.3, -0.25) is 0 Å². The van der Waals surface area contributed by atoms with E-state index in [0.29, 0.717) is 10.6 Å². The first-order valence-electron chi connectivity index (χ1n) is 3.22. The molecular weight excluding hydrogens is 176 g/mol. The number of methoxy groups -OCH3 is 1. The molecule has 1 aromatic rings. The summed E-state index contributed by atoms with van der Waals surface area (Å²) in [7, 11) is 1.33. The van der Waals surface area contributed by atoms with Gasteiger partial charge in [0.1, 0.15) is 16.9 Å². The summed E-state index contributed by atoms with van der Waals surface area (Å²) in [4.78, 5) is 18.7. The van der Waals surface area contributed by atoms with Crippen LogP contribution in [-0.2, 0) is 4.74 Å². The average molecular weight is 184 g/mol. The van der Waals surface area contributed by atoms with Crippen molar-refractivity contribution in [3.8, 4) is 0 Å². The lowest BCUT2D eigenvalue weighted by Gasteiger charge is -2.01. The van der Waals surface area contributed by atoms with E-state index in [-0.39, 0.29) is 0 Å². The predicted molar refractivity (Wildman–Crippen MR) is 45.2 cm³/mol. The van der Waals surface area contributed by atoms with Crippen LogP contribution in [0.25, 0.3) is 0 Å². The summed E-state index contributed by atoms with van der Waals surface area (Å²) >= 11 is 1.39. The second-order valence-electron chi connectivity index (χ2n) is 1.94. The monoisotopic (exact) mass is 184 g/mol. The van der Waals surface area contributed by atoms with Crippen molar-refractivity contribution in [1.82, 2.24) is 9.97 Å². The normalized spacial score (nSPS) is 9.50. The lowest BCUT2D eigenvalue weighted by molar-refractivity contribution is 0.0595. The highest BCUT2D eigenvalue weighted by Crippen LogP contribution is 2.15. The number of thioether (sulfide) groups is 1. The van der Waals surface area contributed by atoms with Gasteiger partial charge in [-0.15, -0.1) is 11.8 Å². The maximum absolute atomic E-state index is 11.1. The fourth-order valence-electron chi connectivity index (χ4n) is 0.731. The minimum atomic E-state index is -0.403. The Bertz CT molecular complexity index is 290. The first-order chi connectivity index (χ1) is 5.79. The summed E-state index contributed by atoms with van der Waals surface area (Å²) in [6, 6.07) is 0. The van der Waals surface area contributed by atoms with Crippen molar-refractivity contribution >= 4 is 17.7 Å². The molecule has 0 aliphatic carbocycles. The first-order valence-corrected chi connectivity index (χ1v) is 4.44. The molecule has 0 atom stereocenters. The lowest BCUT2D eigenvalue weighted by atomic mass is 10.3. The van der Waals surface area contributed by atoms with Crippen molar-refractivity contribution in [2.45, 2.75) is 5.03 Å². The highest BCUT2D eigenvalue weighted by molar-refractivity contribution is 7.98. The summed E-state index contributed by atoms with van der Waals surface area (Å²) in [5.41, 5.74) is 0.410. The number of carbonyl (C=O) groups excluding carboxylic acids is 1. The van der Waals surface area contributed by atoms with Gasteiger partial charge in [0, 0.05) is 6.20 Å². The van der Waals surface area contributed by atoms with E-state index < -0.39 is 5.97 Å². The fraction of sp³-hybridized carbons (Fsp3) is 0.286. The van der Waals surface area contributed by atoms with E-state index in [0.717, 1.165) is 0 Å². The van der Waals surface area contributed by atoms with E-state index >= 15 is 0 Å². The van der Waals surface area contributed by atoms with Crippen LogP contribution >= 0.6 is 11.8 Å². The molecule has 0 saturated carbocycles. The predicted octanol–water partition coefficient (Wildman–Crippen LogP) is 0.985. The molecule has 0 aliphatic rings. The molecule has 0 aliphatic heterocycles. The van der Waals surface area contributed by atoms with E-state index in [9.17, 15) is 4.79 Å². The second-order valence-corrected chi connectivity index (χ2v) is 2.73. The molecule has 1 rings (SSSR count). The third kappa shape index (κ3) is 1.73. The van der Waals surface area contributed by atoms with Gasteiger partial charge in [0.25, 0.3) is 0 Å². The zero-order valence-corrected chi connectivity index (χ0v) is 7.59. The Balaban J connectivity index is 3.04. The molecule has 0 unspecified atom stereocenters. The second kappa shape index (κ2) is 4.06. The molecule has 1 aromatic heterocycles. The van der Waals surface area contributed by atoms with Crippen LogP contribution in [-0.4, -0.2) is 29.3 Å². The summed E-state index contributed by atoms with van der Waals surface area (Å²) in [6.45, 7) is 0. The maximum atomic E-state index is 11.1. The quantitative estimate of drug-likeness (QED) is 0.389. The topological polar surface area (TPSA) is 52.1 Å². The number of hydrogen-bond acceptors (Lipinski definition) is 5. The SMILES string of the molecule is COC(=O)c1cncnc1SC. The van der Waals surface area contributed by atoms with Crippen LogP contribution in [0.2, 0.25) is 0 Å². The summed E-state index contributed by atoms with van der Waals surface area (Å²) in [5.74, 6) is -0.403. The van der Waals surface area contributed by atoms with Crippen LogP contribution < -0.4 is 0 Å². The highest BCUT2D eigenvalue weighted by Gasteiger charge is 2.11. The highest BCUT2D eigenvalue weighted by atomic mass is 32.2. The van der Waals surface area contributed by atoms with Crippen LogP contribution in [0, 0.1) is 0 Å². The van der Waals surface area contributed by atoms with E-state index in [4.69, 9.17) is 0 Å². The first kappa shape index (κ1) is 8.99. The van der Waals surface area contributed by atoms with Gasteiger partial charge in [-0.1, -0.05) is 0 Å². The van der Waals surface area contributed by atoms with Gasteiger partial charge >= 0.3 is 5.97 Å². The fourth-order valence-corrected chi connectivity index (χ4v) is 1.24. The summed E-state index contributed by atoms with van der Waals surface area (Å²) in [6.07, 6.45) is 4.69. The lowest BCUT2D eigenvalue weighted by Crippen LogP contribution is -2.04. The molecule has 0 fully saturated rings. The van der Waals surface area contributed by atoms with Crippen LogP contribution in [0.5, 0.6) is 0 Å². The van der Waals surface area contributed by atoms with E-state index in [2.05, 4.69) is 14.7 Å². The Kier molecular flexibility index (Phi) is 3.04. The van der Waals surface area contributed by atoms with Gasteiger partial charge in [-0.25, -0.2) is 14.8 Å². The minimum Gasteiger partial charge on any atom is -0.465 e. The number of rotatable bonds is 2. The van der Waals surface area contributed by atoms with Crippen molar-refractivity contribution in [3.63, 3.8) is 0 Å². The van der Waals surface area contributed by atoms with E-state index in [1.54, 1.807) is 0 Å². The molecular formula is C7H8N2O2S. The van der Waals surface area contributed by atoms with Crippen molar-refractivity contribution in [2.75, 3.05) is 13.4 Å². The van der Waals surface area contributed by atoms with Gasteiger partial charge in [-0.05, 0) is 6.26 Å². The van der Waals surface area contributed by atoms with E-state index in [1.165, 1.54) is 31.4 Å². The molecule has 0 bridgehead atoms. The molecule has 0 N–H and O–H groups in total. The summed E-state index contributed by atoms with van der Waals surface area (Å²) < 4.78 is 4.55. The van der Waals surface area contributed by atoms with Crippen molar-refractivity contribution in [1.29, 1.82) is 0 Å². The third-order valence-electron chi connectivity index (χ3n) is 1.27. The van der Waals surface area contributed by atoms with Gasteiger partial charge in [-0.2, -0.15) is 0 Å². The van der Waals surface area contributed by atoms with Gasteiger partial charge < -0.3 is 4.74 Å². The molecule has 0 radical (unpaired) electrons. The Morgan fingerprint density at radius 3 is 3.00 bits per heavy atom. The smallest absolute Gasteiger partial charge is 0.342 e. The third-order valence-corrected chi connectivity index (χ3v) is 1.99. The van der Waals surface area contributed by atoms with Gasteiger partial charge in [0.05, 0.1) is 7.11 Å². The zero-order valence-electron chi connectivity index (χ0n) is 6.77. The minimum absolute atomic E-state index is 0.403. The van der Waals surface area contributed by atoms with Gasteiger partial charge in [0.15, 0.2) is 0 Å². The molecule has 5 heteroatoms. The summed E-state index contributed by atoms with van der Waals surface area (Å²) in [5, 5.41) is 0.636. The van der Waals surface area contributed by atoms with Crippen molar-refractivity contribution in [3.05, 3.63) is 18.1 Å². The Labute approximate surface area is 74.4 Å². The number of ether oxygens (including phenoxy) is 1. The molecule has 0 saturated heterocycles. The Morgan fingerprint density at radius 2 is 2.42 bits per heavy atom. The molecule has 0 spiro atoms. The average Bonchev–Trinajstić information content (AvgIpc) is 2.16. The number of nitrogens with zero attached hydrogens (tertiary/aromatic N) is 2. The largest absolute Gasteiger partial charge is 0.465 e. The van der Waals surface area contributed by atoms with Crippen molar-refractivity contribution in [2.24, 2.45) is 0 Å². The number of aromatic nitrogens is 2. The van der Waals surface area contributed by atoms with Crippen molar-refractivity contribution < 1.29 is 9.53 Å². The van der Waals surface area contributed by atoms with E-state index in [1.807, 2.05) is 6.26 Å². The standard InChI is InChI=1S/C7H8N2O2S/c1-11-7(10)5-3-8-4-9-6(5)12-2/h3-4H,1-2H3. The van der Waals surface area contributed by atoms with Crippen LogP contribution in [0.1, 0.15) is 10.4 Å². The van der Waals surface area contributed by atoms with Crippen LogP contribution in [0.4, 0.5) is 0 Å². The van der Waals surface area contributed by atoms with Gasteiger partial charge in [0.2, 0.25) is 0 Å². The molecule has 4 nitrogen and oxygen atoms in total. The Morgan fingerprint density at radius 1 is 1.67 bits per heavy atom. The molecule has 0 amide bonds. The Hall–Kier alpha value is -1.10. The number of esters is 1. The van der Waals surface area contributed by atoms with Crippen LogP contribution in [0.15, 0.2) is 17.6 Å². The maximum Gasteiger partial charge on any atom is 0.342 e. The number of carbonyl (C=O) groups is 1. The molecule has 0 aromatic carbocycles. The molecule has 1 heterocycles. The van der Waals surface area contributed by atoms with Crippen LogP contribution in [0.3, 0.4) is 0 Å². The molecule has 64 valence electrons. The molecule has 12 heavy (non-hydrogen) atoms. The zero-order chi connectivity index (χ0) is 8.97.